The number of methoxy groups -OCH3 is 1. The molecule has 1 aliphatic heterocycles. The predicted molar refractivity (Wildman–Crippen MR) is 88.4 cm³/mol. The molecule has 0 radical (unpaired) electrons. The fourth-order valence-corrected chi connectivity index (χ4v) is 2.91. The molecule has 0 aliphatic carbocycles. The third-order valence-electron chi connectivity index (χ3n) is 4.62. The lowest BCUT2D eigenvalue weighted by Crippen LogP contribution is -2.40. The molecule has 23 heavy (non-hydrogen) atoms. The molecule has 2 rings (SSSR count). The summed E-state index contributed by atoms with van der Waals surface area (Å²) in [6, 6.07) is 0. The van der Waals surface area contributed by atoms with Gasteiger partial charge in [0.25, 0.3) is 0 Å². The zero-order valence-corrected chi connectivity index (χ0v) is 14.8. The van der Waals surface area contributed by atoms with Crippen LogP contribution in [0, 0.1) is 20.8 Å². The fourth-order valence-electron chi connectivity index (χ4n) is 2.91. The maximum atomic E-state index is 9.57. The number of hydrogen-bond acceptors (Lipinski definition) is 5. The normalized spacial score (nSPS) is 20.1. The van der Waals surface area contributed by atoms with Gasteiger partial charge in [-0.1, -0.05) is 0 Å². The van der Waals surface area contributed by atoms with Crippen LogP contribution in [0.5, 0.6) is 11.5 Å². The summed E-state index contributed by atoms with van der Waals surface area (Å²) in [7, 11) is 1.64. The van der Waals surface area contributed by atoms with Gasteiger partial charge in [-0.25, -0.2) is 0 Å². The van der Waals surface area contributed by atoms with E-state index in [1.165, 1.54) is 5.56 Å². The van der Waals surface area contributed by atoms with Gasteiger partial charge < -0.3 is 24.1 Å². The highest BCUT2D eigenvalue weighted by Crippen LogP contribution is 2.43. The Morgan fingerprint density at radius 1 is 1.13 bits per heavy atom. The summed E-state index contributed by atoms with van der Waals surface area (Å²) >= 11 is 0. The second-order valence-corrected chi connectivity index (χ2v) is 6.39. The third kappa shape index (κ3) is 3.79. The van der Waals surface area contributed by atoms with Gasteiger partial charge in [0.05, 0.1) is 19.8 Å². The van der Waals surface area contributed by atoms with Crippen molar-refractivity contribution in [1.82, 2.24) is 0 Å². The van der Waals surface area contributed by atoms with Gasteiger partial charge >= 0.3 is 0 Å². The van der Waals surface area contributed by atoms with Crippen LogP contribution in [0.3, 0.4) is 0 Å². The predicted octanol–water partition coefficient (Wildman–Crippen LogP) is 2.69. The second-order valence-electron chi connectivity index (χ2n) is 6.39. The molecule has 0 amide bonds. The maximum absolute atomic E-state index is 9.57. The Bertz CT molecular complexity index is 555. The molecule has 1 aromatic carbocycles. The fraction of sp³-hybridized carbons (Fsp3) is 0.667. The van der Waals surface area contributed by atoms with Gasteiger partial charge in [-0.3, -0.25) is 0 Å². The van der Waals surface area contributed by atoms with Gasteiger partial charge in [0.2, 0.25) is 0 Å². The van der Waals surface area contributed by atoms with Gasteiger partial charge in [0.15, 0.2) is 6.79 Å². The van der Waals surface area contributed by atoms with Crippen molar-refractivity contribution in [2.45, 2.75) is 46.1 Å². The van der Waals surface area contributed by atoms with E-state index in [0.29, 0.717) is 13.2 Å². The van der Waals surface area contributed by atoms with E-state index in [1.807, 2.05) is 20.8 Å². The van der Waals surface area contributed by atoms with Crippen LogP contribution in [0.2, 0.25) is 0 Å². The molecule has 0 unspecified atom stereocenters. The zero-order valence-electron chi connectivity index (χ0n) is 14.8. The Morgan fingerprint density at radius 3 is 2.52 bits per heavy atom. The van der Waals surface area contributed by atoms with E-state index in [1.54, 1.807) is 7.11 Å². The smallest absolute Gasteiger partial charge is 0.189 e. The molecule has 0 fully saturated rings. The molecule has 1 aliphatic rings. The van der Waals surface area contributed by atoms with Crippen LogP contribution in [0.25, 0.3) is 0 Å². The molecular formula is C18H28O5. The molecule has 1 N–H and O–H groups in total. The molecule has 130 valence electrons. The minimum atomic E-state index is -0.498. The summed E-state index contributed by atoms with van der Waals surface area (Å²) < 4.78 is 22.3. The van der Waals surface area contributed by atoms with Gasteiger partial charge in [-0.2, -0.15) is 0 Å². The van der Waals surface area contributed by atoms with E-state index in [0.717, 1.165) is 41.0 Å². The largest absolute Gasteiger partial charge is 0.485 e. The van der Waals surface area contributed by atoms with E-state index in [4.69, 9.17) is 18.9 Å². The van der Waals surface area contributed by atoms with Crippen molar-refractivity contribution in [1.29, 1.82) is 0 Å². The summed E-state index contributed by atoms with van der Waals surface area (Å²) in [5, 5.41) is 9.57. The average Bonchev–Trinajstić information content (AvgIpc) is 2.55. The Hall–Kier alpha value is -1.30. The van der Waals surface area contributed by atoms with Crippen molar-refractivity contribution < 1.29 is 24.1 Å². The van der Waals surface area contributed by atoms with E-state index >= 15 is 0 Å². The van der Waals surface area contributed by atoms with Crippen LogP contribution < -0.4 is 9.47 Å². The van der Waals surface area contributed by atoms with Crippen LogP contribution in [-0.2, 0) is 15.9 Å². The third-order valence-corrected chi connectivity index (χ3v) is 4.62. The highest BCUT2D eigenvalue weighted by atomic mass is 16.7. The topological polar surface area (TPSA) is 57.2 Å². The Kier molecular flexibility index (Phi) is 5.89. The van der Waals surface area contributed by atoms with Crippen LogP contribution in [0.1, 0.15) is 35.6 Å². The van der Waals surface area contributed by atoms with Crippen molar-refractivity contribution in [2.75, 3.05) is 33.7 Å². The van der Waals surface area contributed by atoms with Crippen LogP contribution in [0.4, 0.5) is 0 Å². The van der Waals surface area contributed by atoms with Crippen molar-refractivity contribution >= 4 is 0 Å². The first-order valence-electron chi connectivity index (χ1n) is 8.05. The standard InChI is InChI=1S/C18H28O5/c1-12-13(2)17-15(6-7-18(4,10-19)23-17)14(3)16(12)22-11-21-9-8-20-5/h19H,6-11H2,1-5H3/t18-/m0/s1. The number of ether oxygens (including phenoxy) is 4. The minimum absolute atomic E-state index is 0.0234. The highest BCUT2D eigenvalue weighted by molar-refractivity contribution is 5.59. The first-order chi connectivity index (χ1) is 10.9. The summed E-state index contributed by atoms with van der Waals surface area (Å²) in [5.41, 5.74) is 3.89. The molecule has 5 heteroatoms. The monoisotopic (exact) mass is 324 g/mol. The van der Waals surface area contributed by atoms with Crippen LogP contribution >= 0.6 is 0 Å². The molecule has 1 heterocycles. The lowest BCUT2D eigenvalue weighted by Gasteiger charge is -2.37. The number of aliphatic hydroxyl groups is 1. The number of benzene rings is 1. The molecule has 0 saturated heterocycles. The number of hydrogen-bond donors (Lipinski definition) is 1. The number of rotatable bonds is 7. The highest BCUT2D eigenvalue weighted by Gasteiger charge is 2.34. The minimum Gasteiger partial charge on any atom is -0.485 e. The van der Waals surface area contributed by atoms with E-state index in [-0.39, 0.29) is 13.4 Å². The zero-order chi connectivity index (χ0) is 17.0. The molecular weight excluding hydrogens is 296 g/mol. The molecule has 0 spiro atoms. The van der Waals surface area contributed by atoms with Crippen molar-refractivity contribution in [3.8, 4) is 11.5 Å². The molecule has 5 nitrogen and oxygen atoms in total. The quantitative estimate of drug-likeness (QED) is 0.617. The van der Waals surface area contributed by atoms with Gasteiger partial charge in [0, 0.05) is 12.7 Å². The first-order valence-corrected chi connectivity index (χ1v) is 8.05. The molecule has 1 atom stereocenters. The van der Waals surface area contributed by atoms with Crippen LogP contribution in [0.15, 0.2) is 0 Å². The Labute approximate surface area is 138 Å². The summed E-state index contributed by atoms with van der Waals surface area (Å²) in [6.45, 7) is 9.37. The maximum Gasteiger partial charge on any atom is 0.189 e. The lowest BCUT2D eigenvalue weighted by molar-refractivity contribution is -0.00988. The summed E-state index contributed by atoms with van der Waals surface area (Å²) in [4.78, 5) is 0. The van der Waals surface area contributed by atoms with Gasteiger partial charge in [-0.05, 0) is 57.2 Å². The SMILES string of the molecule is COCCOCOc1c(C)c(C)c2c(c1C)CC[C@@](C)(CO)O2. The van der Waals surface area contributed by atoms with Gasteiger partial charge in [0.1, 0.15) is 17.1 Å². The van der Waals surface area contributed by atoms with Crippen molar-refractivity contribution in [3.05, 3.63) is 22.3 Å². The molecule has 0 aromatic heterocycles. The number of fused-ring (bicyclic) bond motifs is 1. The summed E-state index contributed by atoms with van der Waals surface area (Å²) in [5.74, 6) is 1.77. The molecule has 0 bridgehead atoms. The molecule has 1 aromatic rings. The van der Waals surface area contributed by atoms with E-state index in [9.17, 15) is 5.11 Å². The van der Waals surface area contributed by atoms with Crippen molar-refractivity contribution in [2.24, 2.45) is 0 Å². The lowest BCUT2D eigenvalue weighted by atomic mass is 9.87. The second kappa shape index (κ2) is 7.51. The first kappa shape index (κ1) is 18.0. The van der Waals surface area contributed by atoms with E-state index < -0.39 is 5.60 Å². The molecule has 0 saturated carbocycles. The van der Waals surface area contributed by atoms with Gasteiger partial charge in [-0.15, -0.1) is 0 Å². The average molecular weight is 324 g/mol. The number of aliphatic hydroxyl groups excluding tert-OH is 1. The van der Waals surface area contributed by atoms with Crippen LogP contribution in [-0.4, -0.2) is 44.4 Å². The van der Waals surface area contributed by atoms with E-state index in [2.05, 4.69) is 6.92 Å². The summed E-state index contributed by atoms with van der Waals surface area (Å²) in [6.07, 6.45) is 1.67. The Balaban J connectivity index is 2.22. The Morgan fingerprint density at radius 2 is 1.87 bits per heavy atom. The van der Waals surface area contributed by atoms with Crippen molar-refractivity contribution in [3.63, 3.8) is 0 Å².